The second-order valence-electron chi connectivity index (χ2n) is 5.69. The maximum absolute atomic E-state index is 12.6. The van der Waals surface area contributed by atoms with Crippen molar-refractivity contribution in [1.29, 1.82) is 0 Å². The van der Waals surface area contributed by atoms with E-state index in [1.54, 1.807) is 25.1 Å². The average Bonchev–Trinajstić information content (AvgIpc) is 2.49. The van der Waals surface area contributed by atoms with Gasteiger partial charge < -0.3 is 5.32 Å². The van der Waals surface area contributed by atoms with E-state index >= 15 is 0 Å². The van der Waals surface area contributed by atoms with Crippen LogP contribution in [0.3, 0.4) is 0 Å². The van der Waals surface area contributed by atoms with Gasteiger partial charge in [0.05, 0.1) is 10.7 Å². The number of carbonyl (C=O) groups is 1. The molecule has 0 aliphatic carbocycles. The molecule has 0 spiro atoms. The van der Waals surface area contributed by atoms with Gasteiger partial charge >= 0.3 is 0 Å². The zero-order chi connectivity index (χ0) is 17.9. The number of carbonyl (C=O) groups excluding carboxylic acids is 1. The number of halogens is 1. The first kappa shape index (κ1) is 18.3. The highest BCUT2D eigenvalue weighted by Crippen LogP contribution is 2.26. The van der Waals surface area contributed by atoms with E-state index in [0.29, 0.717) is 5.69 Å². The highest BCUT2D eigenvalue weighted by molar-refractivity contribution is 7.92. The second-order valence-corrected chi connectivity index (χ2v) is 7.75. The predicted octanol–water partition coefficient (Wildman–Crippen LogP) is 3.59. The van der Waals surface area contributed by atoms with E-state index in [2.05, 4.69) is 10.0 Å². The molecule has 0 unspecified atom stereocenters. The molecule has 0 atom stereocenters. The number of nitrogens with one attached hydrogen (secondary N) is 2. The van der Waals surface area contributed by atoms with Gasteiger partial charge in [0.1, 0.15) is 4.90 Å². The normalized spacial score (nSPS) is 11.4. The van der Waals surface area contributed by atoms with Crippen LogP contribution in [0.2, 0.25) is 5.02 Å². The van der Waals surface area contributed by atoms with Crippen LogP contribution in [0.1, 0.15) is 29.8 Å². The third kappa shape index (κ3) is 4.27. The van der Waals surface area contributed by atoms with E-state index in [9.17, 15) is 13.2 Å². The van der Waals surface area contributed by atoms with E-state index in [1.165, 1.54) is 18.2 Å². The molecule has 2 aromatic rings. The Morgan fingerprint density at radius 1 is 1.12 bits per heavy atom. The van der Waals surface area contributed by atoms with Crippen LogP contribution >= 0.6 is 11.6 Å². The number of anilines is 1. The summed E-state index contributed by atoms with van der Waals surface area (Å²) in [5.74, 6) is -0.353. The lowest BCUT2D eigenvalue weighted by Crippen LogP contribution is -2.30. The summed E-state index contributed by atoms with van der Waals surface area (Å²) in [6, 6.07) is 11.1. The van der Waals surface area contributed by atoms with E-state index in [1.807, 2.05) is 19.9 Å². The van der Waals surface area contributed by atoms with Gasteiger partial charge in [-0.15, -0.1) is 0 Å². The maximum atomic E-state index is 12.6. The average molecular weight is 367 g/mol. The smallest absolute Gasteiger partial charge is 0.263 e. The SMILES string of the molecule is Cc1ccccc1NS(=O)(=O)c1cc(C(=O)NC(C)C)ccc1Cl. The number of hydrogen-bond acceptors (Lipinski definition) is 3. The molecule has 0 heterocycles. The lowest BCUT2D eigenvalue weighted by atomic mass is 10.2. The van der Waals surface area contributed by atoms with Gasteiger partial charge in [0.2, 0.25) is 0 Å². The second kappa shape index (κ2) is 7.23. The minimum absolute atomic E-state index is 0.0529. The van der Waals surface area contributed by atoms with Gasteiger partial charge in [-0.1, -0.05) is 29.8 Å². The molecule has 0 aromatic heterocycles. The van der Waals surface area contributed by atoms with Crippen LogP contribution < -0.4 is 10.0 Å². The van der Waals surface area contributed by atoms with Crippen LogP contribution in [0, 0.1) is 6.92 Å². The Balaban J connectivity index is 2.39. The highest BCUT2D eigenvalue weighted by Gasteiger charge is 2.21. The summed E-state index contributed by atoms with van der Waals surface area (Å²) < 4.78 is 27.8. The first-order valence-electron chi connectivity index (χ1n) is 7.39. The van der Waals surface area contributed by atoms with Crippen molar-refractivity contribution in [3.05, 3.63) is 58.6 Å². The molecule has 0 radical (unpaired) electrons. The standard InChI is InChI=1S/C17H19ClN2O3S/c1-11(2)19-17(21)13-8-9-14(18)16(10-13)24(22,23)20-15-7-5-4-6-12(15)3/h4-11,20H,1-3H3,(H,19,21). The third-order valence-corrected chi connectivity index (χ3v) is 5.14. The van der Waals surface area contributed by atoms with Crippen LogP contribution in [0.25, 0.3) is 0 Å². The maximum Gasteiger partial charge on any atom is 0.263 e. The molecule has 1 amide bonds. The fourth-order valence-corrected chi connectivity index (χ4v) is 3.74. The molecule has 0 saturated carbocycles. The minimum Gasteiger partial charge on any atom is -0.350 e. The lowest BCUT2D eigenvalue weighted by Gasteiger charge is -2.13. The van der Waals surface area contributed by atoms with Gasteiger partial charge in [0.15, 0.2) is 0 Å². The summed E-state index contributed by atoms with van der Waals surface area (Å²) in [4.78, 5) is 12.0. The van der Waals surface area contributed by atoms with Crippen molar-refractivity contribution in [2.75, 3.05) is 4.72 Å². The molecule has 0 aliphatic heterocycles. The topological polar surface area (TPSA) is 75.3 Å². The molecule has 7 heteroatoms. The molecule has 0 bridgehead atoms. The van der Waals surface area contributed by atoms with Gasteiger partial charge in [-0.25, -0.2) is 8.42 Å². The number of hydrogen-bond donors (Lipinski definition) is 2. The van der Waals surface area contributed by atoms with Crippen LogP contribution in [0.4, 0.5) is 5.69 Å². The Labute approximate surface area is 147 Å². The summed E-state index contributed by atoms with van der Waals surface area (Å²) in [6.45, 7) is 5.45. The number of para-hydroxylation sites is 1. The van der Waals surface area contributed by atoms with Gasteiger partial charge in [0.25, 0.3) is 15.9 Å². The molecule has 2 N–H and O–H groups in total. The fraction of sp³-hybridized carbons (Fsp3) is 0.235. The van der Waals surface area contributed by atoms with Crippen molar-refractivity contribution in [1.82, 2.24) is 5.32 Å². The summed E-state index contributed by atoms with van der Waals surface area (Å²) in [7, 11) is -3.91. The number of sulfonamides is 1. The molecule has 2 aromatic carbocycles. The summed E-state index contributed by atoms with van der Waals surface area (Å²) >= 11 is 6.05. The number of benzene rings is 2. The Kier molecular flexibility index (Phi) is 5.51. The molecular formula is C17H19ClN2O3S. The quantitative estimate of drug-likeness (QED) is 0.849. The van der Waals surface area contributed by atoms with E-state index < -0.39 is 10.0 Å². The van der Waals surface area contributed by atoms with Gasteiger partial charge in [-0.2, -0.15) is 0 Å². The summed E-state index contributed by atoms with van der Waals surface area (Å²) in [5.41, 5.74) is 1.48. The first-order chi connectivity index (χ1) is 11.2. The number of amides is 1. The fourth-order valence-electron chi connectivity index (χ4n) is 2.08. The monoisotopic (exact) mass is 366 g/mol. The Bertz CT molecular complexity index is 864. The van der Waals surface area contributed by atoms with Crippen LogP contribution in [-0.2, 0) is 10.0 Å². The Hall–Kier alpha value is -2.05. The number of rotatable bonds is 5. The Morgan fingerprint density at radius 3 is 2.42 bits per heavy atom. The van der Waals surface area contributed by atoms with Crippen molar-refractivity contribution in [3.63, 3.8) is 0 Å². The summed E-state index contributed by atoms with van der Waals surface area (Å²) in [6.07, 6.45) is 0. The largest absolute Gasteiger partial charge is 0.350 e. The van der Waals surface area contributed by atoms with Gasteiger partial charge in [-0.3, -0.25) is 9.52 Å². The van der Waals surface area contributed by atoms with Gasteiger partial charge in [-0.05, 0) is 50.6 Å². The van der Waals surface area contributed by atoms with Crippen LogP contribution in [0.5, 0.6) is 0 Å². The summed E-state index contributed by atoms with van der Waals surface area (Å²) in [5, 5.41) is 2.77. The first-order valence-corrected chi connectivity index (χ1v) is 9.25. The van der Waals surface area contributed by atoms with E-state index in [0.717, 1.165) is 5.56 Å². The molecule has 0 aliphatic rings. The van der Waals surface area contributed by atoms with Crippen molar-refractivity contribution < 1.29 is 13.2 Å². The zero-order valence-corrected chi connectivity index (χ0v) is 15.2. The number of aryl methyl sites for hydroxylation is 1. The van der Waals surface area contributed by atoms with Gasteiger partial charge in [0, 0.05) is 11.6 Å². The molecule has 128 valence electrons. The molecule has 0 fully saturated rings. The predicted molar refractivity (Wildman–Crippen MR) is 96.0 cm³/mol. The molecule has 0 saturated heterocycles. The van der Waals surface area contributed by atoms with Crippen molar-refractivity contribution in [2.45, 2.75) is 31.7 Å². The van der Waals surface area contributed by atoms with Crippen molar-refractivity contribution in [2.24, 2.45) is 0 Å². The van der Waals surface area contributed by atoms with E-state index in [-0.39, 0.29) is 27.4 Å². The van der Waals surface area contributed by atoms with E-state index in [4.69, 9.17) is 11.6 Å². The molecule has 2 rings (SSSR count). The zero-order valence-electron chi connectivity index (χ0n) is 13.6. The minimum atomic E-state index is -3.91. The molecule has 24 heavy (non-hydrogen) atoms. The van der Waals surface area contributed by atoms with Crippen molar-refractivity contribution in [3.8, 4) is 0 Å². The lowest BCUT2D eigenvalue weighted by molar-refractivity contribution is 0.0943. The molecular weight excluding hydrogens is 348 g/mol. The van der Waals surface area contributed by atoms with Crippen molar-refractivity contribution >= 4 is 33.2 Å². The Morgan fingerprint density at radius 2 is 1.79 bits per heavy atom. The molecule has 5 nitrogen and oxygen atoms in total. The van der Waals surface area contributed by atoms with Crippen LogP contribution in [-0.4, -0.2) is 20.4 Å². The third-order valence-electron chi connectivity index (χ3n) is 3.29. The van der Waals surface area contributed by atoms with Crippen LogP contribution in [0.15, 0.2) is 47.4 Å². The highest BCUT2D eigenvalue weighted by atomic mass is 35.5.